The predicted molar refractivity (Wildman–Crippen MR) is 320 cm³/mol. The molecule has 0 unspecified atom stereocenters. The number of primary amides is 6. The number of carboxylic acids is 2. The van der Waals surface area contributed by atoms with Crippen molar-refractivity contribution in [1.29, 1.82) is 0 Å². The number of carboxylic acid groups (broad SMARTS) is 2. The molecule has 43 nitrogen and oxygen atoms in total. The molecule has 0 saturated carbocycles. The van der Waals surface area contributed by atoms with Gasteiger partial charge in [0.1, 0.15) is 60.4 Å². The van der Waals surface area contributed by atoms with Crippen LogP contribution in [0.25, 0.3) is 0 Å². The standard InChI is InChI=1S/C49H80N18O25S2/c1-17(69)36(46(88)57-11-34(78)58-27(49(91)92)14-94-16-33(56)77)65-40(82)21(4-6-28(51)72)60-42(84)24(9-30(53)74)62-48(90)38(19(3)71)67-45(87)26(12-68)64-44(86)23(8-29(52)73)61-43(85)25(10-31(54)75)63-47(89)37(18(2)70)66-41(83)22(5-7-35(79)80)59-39(81)20(50)13-93-15-32(55)76/h17-27,36-38,68-71H,4-16,50H2,1-3H3,(H2,51,72)(H2,52,73)(H2,53,74)(H2,54,75)(H2,55,76)(H2,56,77)(H,57,88)(H,58,78)(H,59,81)(H,60,84)(H,61,85)(H,62,90)(H,63,89)(H,64,86)(H,65,82)(H,66,83)(H,67,87)(H,79,80)(H,91,92)/t17-,18-,19-,20+,21+,22+,23+,24+,25+,26+,27+,36+,37+,38+/m1/s1. The monoisotopic (exact) mass is 1380 g/mol. The molecule has 0 aliphatic carbocycles. The molecule has 0 saturated heterocycles. The van der Waals surface area contributed by atoms with Gasteiger partial charge in [-0.15, -0.1) is 23.5 Å². The van der Waals surface area contributed by atoms with Crippen molar-refractivity contribution in [2.45, 2.75) is 150 Å². The van der Waals surface area contributed by atoms with E-state index in [9.17, 15) is 122 Å². The van der Waals surface area contributed by atoms with Crippen LogP contribution in [-0.4, -0.2) is 264 Å². The predicted octanol–water partition coefficient (Wildman–Crippen LogP) is -15.3. The summed E-state index contributed by atoms with van der Waals surface area (Å²) in [5.74, 6) is -25.7. The fraction of sp³-hybridized carbons (Fsp3) is 0.612. The Labute approximate surface area is 541 Å². The van der Waals surface area contributed by atoms with Crippen LogP contribution < -0.4 is 98.6 Å². The summed E-state index contributed by atoms with van der Waals surface area (Å²) >= 11 is 1.62. The molecular weight excluding hydrogens is 1300 g/mol. The Bertz CT molecular complexity index is 2800. The first-order valence-electron chi connectivity index (χ1n) is 27.6. The molecule has 528 valence electrons. The second-order valence-corrected chi connectivity index (χ2v) is 22.5. The summed E-state index contributed by atoms with van der Waals surface area (Å²) < 4.78 is 0. The summed E-state index contributed by atoms with van der Waals surface area (Å²) in [6.45, 7) is 0.498. The van der Waals surface area contributed by atoms with Crippen molar-refractivity contribution >= 4 is 136 Å². The molecule has 0 rings (SSSR count). The van der Waals surface area contributed by atoms with Gasteiger partial charge < -0.3 is 129 Å². The summed E-state index contributed by atoms with van der Waals surface area (Å²) in [6.07, 6.45) is -11.8. The number of hydrogen-bond donors (Lipinski definition) is 24. The van der Waals surface area contributed by atoms with E-state index in [1.165, 1.54) is 0 Å². The molecule has 0 aromatic heterocycles. The number of aliphatic carboxylic acids is 2. The smallest absolute Gasteiger partial charge is 0.327 e. The van der Waals surface area contributed by atoms with Gasteiger partial charge in [-0.2, -0.15) is 0 Å². The topological polar surface area (TPSA) is 760 Å². The molecule has 0 spiro atoms. The number of carbonyl (C=O) groups is 19. The zero-order valence-corrected chi connectivity index (χ0v) is 52.2. The largest absolute Gasteiger partial charge is 0.481 e. The Kier molecular flexibility index (Phi) is 38.2. The minimum atomic E-state index is -2.22. The number of rotatable bonds is 47. The fourth-order valence-corrected chi connectivity index (χ4v) is 8.96. The van der Waals surface area contributed by atoms with E-state index in [-0.39, 0.29) is 23.0 Å². The molecule has 0 aliphatic heterocycles. The van der Waals surface area contributed by atoms with Crippen molar-refractivity contribution in [2.75, 3.05) is 36.2 Å². The minimum absolute atomic E-state index is 0.201. The fourth-order valence-electron chi connectivity index (χ4n) is 7.45. The van der Waals surface area contributed by atoms with Gasteiger partial charge in [0.05, 0.1) is 68.3 Å². The van der Waals surface area contributed by atoms with Gasteiger partial charge in [0, 0.05) is 24.3 Å². The molecule has 0 aromatic rings. The zero-order valence-electron chi connectivity index (χ0n) is 50.6. The van der Waals surface area contributed by atoms with Crippen LogP contribution in [0.15, 0.2) is 0 Å². The maximum Gasteiger partial charge on any atom is 0.327 e. The summed E-state index contributed by atoms with van der Waals surface area (Å²) in [5, 5.41) is 82.8. The lowest BCUT2D eigenvalue weighted by Gasteiger charge is -2.28. The van der Waals surface area contributed by atoms with Gasteiger partial charge in [0.15, 0.2) is 0 Å². The molecule has 45 heteroatoms. The first kappa shape index (κ1) is 84.4. The van der Waals surface area contributed by atoms with E-state index in [0.717, 1.165) is 44.3 Å². The van der Waals surface area contributed by atoms with Gasteiger partial charge >= 0.3 is 11.9 Å². The van der Waals surface area contributed by atoms with Crippen LogP contribution in [0, 0.1) is 0 Å². The van der Waals surface area contributed by atoms with Crippen LogP contribution in [0.5, 0.6) is 0 Å². The van der Waals surface area contributed by atoms with Crippen LogP contribution in [0.3, 0.4) is 0 Å². The third-order valence-corrected chi connectivity index (χ3v) is 14.3. The molecule has 0 bridgehead atoms. The normalized spacial score (nSPS) is 15.4. The summed E-state index contributed by atoms with van der Waals surface area (Å²) in [6, 6.07) is -21.6. The Morgan fingerprint density at radius 3 is 1.05 bits per heavy atom. The van der Waals surface area contributed by atoms with E-state index in [1.807, 2.05) is 31.9 Å². The molecule has 94 heavy (non-hydrogen) atoms. The van der Waals surface area contributed by atoms with E-state index in [1.54, 1.807) is 0 Å². The van der Waals surface area contributed by atoms with Crippen LogP contribution >= 0.6 is 23.5 Å². The quantitative estimate of drug-likeness (QED) is 0.0269. The average molecular weight is 1390 g/mol. The lowest BCUT2D eigenvalue weighted by molar-refractivity contribution is -0.141. The van der Waals surface area contributed by atoms with Crippen LogP contribution in [0.4, 0.5) is 0 Å². The number of aliphatic hydroxyl groups is 4. The number of aliphatic hydroxyl groups excluding tert-OH is 4. The van der Waals surface area contributed by atoms with Gasteiger partial charge in [-0.25, -0.2) is 4.79 Å². The molecular formula is C49H80N18O25S2. The van der Waals surface area contributed by atoms with Gasteiger partial charge in [0.25, 0.3) is 0 Å². The van der Waals surface area contributed by atoms with Gasteiger partial charge in [-0.1, -0.05) is 0 Å². The lowest BCUT2D eigenvalue weighted by atomic mass is 10.1. The molecule has 0 radical (unpaired) electrons. The average Bonchev–Trinajstić information content (AvgIpc) is 0.891. The number of amides is 17. The molecule has 0 aliphatic rings. The van der Waals surface area contributed by atoms with Gasteiger partial charge in [0.2, 0.25) is 100 Å². The van der Waals surface area contributed by atoms with Crippen molar-refractivity contribution < 1.29 is 122 Å². The molecule has 0 heterocycles. The van der Waals surface area contributed by atoms with E-state index in [2.05, 4.69) is 26.6 Å². The number of nitrogens with one attached hydrogen (secondary N) is 11. The number of thioether (sulfide) groups is 2. The summed E-state index contributed by atoms with van der Waals surface area (Å²) in [4.78, 5) is 241. The van der Waals surface area contributed by atoms with E-state index in [0.29, 0.717) is 0 Å². The SMILES string of the molecule is C[C@@H](O)[C@H](NC(=O)[C@H](CCC(N)=O)NC(=O)[C@H](CC(N)=O)NC(=O)[C@@H](NC(=O)[C@H](CO)NC(=O)[C@H](CC(N)=O)NC(=O)[C@H](CC(N)=O)NC(=O)[C@@H](NC(=O)[C@H](CCC(=O)O)NC(=O)[C@@H](N)CSCC(N)=O)[C@@H](C)O)[C@@H](C)O)C(=O)NCC(=O)N[C@@H](CSCC(N)=O)C(=O)O. The Morgan fingerprint density at radius 1 is 0.372 bits per heavy atom. The summed E-state index contributed by atoms with van der Waals surface area (Å²) in [7, 11) is 0. The first-order valence-corrected chi connectivity index (χ1v) is 29.9. The number of nitrogens with two attached hydrogens (primary N) is 7. The van der Waals surface area contributed by atoms with Crippen molar-refractivity contribution in [3.8, 4) is 0 Å². The second-order valence-electron chi connectivity index (χ2n) is 20.4. The maximum atomic E-state index is 13.8. The molecule has 31 N–H and O–H groups in total. The van der Waals surface area contributed by atoms with Crippen molar-refractivity contribution in [2.24, 2.45) is 40.1 Å². The zero-order chi connectivity index (χ0) is 72.4. The highest BCUT2D eigenvalue weighted by Crippen LogP contribution is 2.10. The maximum absolute atomic E-state index is 13.8. The minimum Gasteiger partial charge on any atom is -0.481 e. The highest BCUT2D eigenvalue weighted by molar-refractivity contribution is 8.00. The van der Waals surface area contributed by atoms with Crippen molar-refractivity contribution in [1.82, 2.24) is 58.5 Å². The van der Waals surface area contributed by atoms with Gasteiger partial charge in [-0.3, -0.25) is 86.3 Å². The number of hydrogen-bond acceptors (Lipinski definition) is 26. The highest BCUT2D eigenvalue weighted by atomic mass is 32.2. The molecule has 0 fully saturated rings. The lowest BCUT2D eigenvalue weighted by Crippen LogP contribution is -2.63. The van der Waals surface area contributed by atoms with Crippen LogP contribution in [0.2, 0.25) is 0 Å². The van der Waals surface area contributed by atoms with E-state index >= 15 is 0 Å². The van der Waals surface area contributed by atoms with Crippen molar-refractivity contribution in [3.05, 3.63) is 0 Å². The third-order valence-electron chi connectivity index (χ3n) is 12.2. The Balaban J connectivity index is 6.59. The van der Waals surface area contributed by atoms with Gasteiger partial charge in [-0.05, 0) is 33.6 Å². The summed E-state index contributed by atoms with van der Waals surface area (Å²) in [5.41, 5.74) is 37.0. The molecule has 14 atom stereocenters. The second kappa shape index (κ2) is 42.5. The molecule has 0 aromatic carbocycles. The first-order chi connectivity index (χ1) is 43.6. The Hall–Kier alpha value is -9.57. The highest BCUT2D eigenvalue weighted by Gasteiger charge is 2.39. The van der Waals surface area contributed by atoms with Crippen LogP contribution in [0.1, 0.15) is 65.7 Å². The van der Waals surface area contributed by atoms with E-state index in [4.69, 9.17) is 40.1 Å². The molecule has 17 amide bonds. The number of carbonyl (C=O) groups excluding carboxylic acids is 17. The van der Waals surface area contributed by atoms with Crippen LogP contribution in [-0.2, 0) is 91.1 Å². The van der Waals surface area contributed by atoms with E-state index < -0.39 is 255 Å². The van der Waals surface area contributed by atoms with Crippen molar-refractivity contribution in [3.63, 3.8) is 0 Å². The third kappa shape index (κ3) is 33.7. The Morgan fingerprint density at radius 2 is 0.702 bits per heavy atom.